The first-order valence-electron chi connectivity index (χ1n) is 11.1. The zero-order valence-electron chi connectivity index (χ0n) is 17.1. The molecule has 0 aliphatic carbocycles. The van der Waals surface area contributed by atoms with Crippen LogP contribution >= 0.6 is 0 Å². The van der Waals surface area contributed by atoms with E-state index in [0.717, 1.165) is 62.8 Å². The number of H-pyrrole nitrogens is 1. The lowest BCUT2D eigenvalue weighted by molar-refractivity contribution is -0.117. The molecule has 0 spiro atoms. The van der Waals surface area contributed by atoms with Gasteiger partial charge in [0.2, 0.25) is 5.91 Å². The summed E-state index contributed by atoms with van der Waals surface area (Å²) in [6, 6.07) is 9.65. The normalized spacial score (nSPS) is 19.2. The van der Waals surface area contributed by atoms with Crippen LogP contribution in [0.2, 0.25) is 0 Å². The van der Waals surface area contributed by atoms with Gasteiger partial charge >= 0.3 is 0 Å². The number of halogens is 1. The Morgan fingerprint density at radius 3 is 2.77 bits per heavy atom. The number of aromatic amines is 1. The molecule has 1 amide bonds. The topological polar surface area (TPSA) is 39.3 Å². The summed E-state index contributed by atoms with van der Waals surface area (Å²) < 4.78 is 13.5. The number of amides is 1. The van der Waals surface area contributed by atoms with Gasteiger partial charge in [-0.05, 0) is 85.1 Å². The molecular formula is C25H26FN3O. The Hall–Kier alpha value is -2.66. The van der Waals surface area contributed by atoms with Crippen LogP contribution in [0.3, 0.4) is 0 Å². The van der Waals surface area contributed by atoms with Crippen LogP contribution in [0.15, 0.2) is 36.5 Å². The van der Waals surface area contributed by atoms with Gasteiger partial charge in [-0.2, -0.15) is 0 Å². The van der Waals surface area contributed by atoms with E-state index in [1.54, 1.807) is 12.1 Å². The second kappa shape index (κ2) is 6.95. The number of nitrogens with zero attached hydrogens (tertiary/aromatic N) is 2. The van der Waals surface area contributed by atoms with Gasteiger partial charge in [0.1, 0.15) is 5.82 Å². The van der Waals surface area contributed by atoms with Crippen molar-refractivity contribution in [1.29, 1.82) is 0 Å². The number of carbonyl (C=O) groups is 1. The summed E-state index contributed by atoms with van der Waals surface area (Å²) in [6.07, 6.45) is 6.98. The molecule has 0 unspecified atom stereocenters. The van der Waals surface area contributed by atoms with Gasteiger partial charge in [0.05, 0.1) is 12.1 Å². The predicted octanol–water partition coefficient (Wildman–Crippen LogP) is 4.17. The quantitative estimate of drug-likeness (QED) is 0.710. The Bertz CT molecular complexity index is 1140. The number of nitrogens with one attached hydrogen (secondary N) is 1. The summed E-state index contributed by atoms with van der Waals surface area (Å²) in [7, 11) is 0. The number of carbonyl (C=O) groups excluding carboxylic acids is 1. The molecule has 30 heavy (non-hydrogen) atoms. The van der Waals surface area contributed by atoms with Gasteiger partial charge < -0.3 is 14.8 Å². The molecule has 1 N–H and O–H groups in total. The molecule has 2 aromatic carbocycles. The summed E-state index contributed by atoms with van der Waals surface area (Å²) in [5.41, 5.74) is 7.42. The van der Waals surface area contributed by atoms with Crippen LogP contribution in [0, 0.1) is 5.82 Å². The predicted molar refractivity (Wildman–Crippen MR) is 117 cm³/mol. The second-order valence-electron chi connectivity index (χ2n) is 9.03. The monoisotopic (exact) mass is 403 g/mol. The maximum atomic E-state index is 13.5. The standard InChI is InChI=1S/C25H26FN3O/c26-20-1-2-21-22(15-27-23(21)14-20)17-4-8-28(9-5-17)7-3-16-11-18-6-10-29-24(30)13-19(12-16)25(18)29/h1-2,11-12,14-15,17,27H,3-10,13H2. The molecule has 3 aliphatic heterocycles. The first-order chi connectivity index (χ1) is 14.7. The zero-order valence-corrected chi connectivity index (χ0v) is 17.1. The van der Waals surface area contributed by atoms with E-state index >= 15 is 0 Å². The summed E-state index contributed by atoms with van der Waals surface area (Å²) >= 11 is 0. The number of hydrogen-bond donors (Lipinski definition) is 1. The Balaban J connectivity index is 1.09. The third-order valence-corrected chi connectivity index (χ3v) is 7.26. The number of aromatic nitrogens is 1. The number of anilines is 1. The van der Waals surface area contributed by atoms with E-state index in [9.17, 15) is 9.18 Å². The number of hydrogen-bond acceptors (Lipinski definition) is 2. The first-order valence-corrected chi connectivity index (χ1v) is 11.1. The minimum absolute atomic E-state index is 0.187. The summed E-state index contributed by atoms with van der Waals surface area (Å²) in [4.78, 5) is 19.9. The van der Waals surface area contributed by atoms with Crippen molar-refractivity contribution in [2.45, 2.75) is 38.0 Å². The zero-order chi connectivity index (χ0) is 20.2. The van der Waals surface area contributed by atoms with E-state index in [2.05, 4.69) is 28.2 Å². The molecule has 4 heterocycles. The van der Waals surface area contributed by atoms with Gasteiger partial charge in [0.15, 0.2) is 0 Å². The van der Waals surface area contributed by atoms with Crippen LogP contribution < -0.4 is 4.90 Å². The number of benzene rings is 2. The minimum Gasteiger partial charge on any atom is -0.361 e. The van der Waals surface area contributed by atoms with E-state index in [4.69, 9.17) is 0 Å². The maximum absolute atomic E-state index is 13.5. The molecular weight excluding hydrogens is 377 g/mol. The SMILES string of the molecule is O=C1Cc2cc(CCN3CCC(c4c[nH]c5cc(F)ccc45)CC3)cc3c2N1CC3. The highest BCUT2D eigenvalue weighted by molar-refractivity contribution is 6.03. The van der Waals surface area contributed by atoms with Crippen LogP contribution in [0.5, 0.6) is 0 Å². The van der Waals surface area contributed by atoms with E-state index in [0.29, 0.717) is 12.3 Å². The molecule has 3 aromatic rings. The molecule has 0 atom stereocenters. The second-order valence-corrected chi connectivity index (χ2v) is 9.03. The third-order valence-electron chi connectivity index (χ3n) is 7.26. The lowest BCUT2D eigenvalue weighted by Gasteiger charge is -2.32. The van der Waals surface area contributed by atoms with Gasteiger partial charge in [0.25, 0.3) is 0 Å². The number of fused-ring (bicyclic) bond motifs is 1. The van der Waals surface area contributed by atoms with Crippen molar-refractivity contribution in [3.63, 3.8) is 0 Å². The molecule has 154 valence electrons. The Labute approximate surface area is 175 Å². The number of likely N-dealkylation sites (tertiary alicyclic amines) is 1. The van der Waals surface area contributed by atoms with Crippen LogP contribution in [0.4, 0.5) is 10.1 Å². The van der Waals surface area contributed by atoms with E-state index < -0.39 is 0 Å². The van der Waals surface area contributed by atoms with Gasteiger partial charge in [-0.25, -0.2) is 4.39 Å². The fraction of sp³-hybridized carbons (Fsp3) is 0.400. The molecule has 1 aromatic heterocycles. The van der Waals surface area contributed by atoms with Gasteiger partial charge in [-0.1, -0.05) is 12.1 Å². The molecule has 0 radical (unpaired) electrons. The fourth-order valence-corrected chi connectivity index (χ4v) is 5.71. The lowest BCUT2D eigenvalue weighted by Crippen LogP contribution is -2.34. The van der Waals surface area contributed by atoms with Crippen molar-refractivity contribution in [2.24, 2.45) is 0 Å². The average molecular weight is 404 g/mol. The van der Waals surface area contributed by atoms with Crippen LogP contribution in [0.25, 0.3) is 10.9 Å². The van der Waals surface area contributed by atoms with E-state index in [-0.39, 0.29) is 11.7 Å². The molecule has 1 saturated heterocycles. The highest BCUT2D eigenvalue weighted by Crippen LogP contribution is 2.39. The van der Waals surface area contributed by atoms with Crippen molar-refractivity contribution in [1.82, 2.24) is 9.88 Å². The molecule has 6 rings (SSSR count). The molecule has 1 fully saturated rings. The molecule has 4 nitrogen and oxygen atoms in total. The van der Waals surface area contributed by atoms with Gasteiger partial charge in [-0.3, -0.25) is 4.79 Å². The largest absolute Gasteiger partial charge is 0.361 e. The Morgan fingerprint density at radius 1 is 1.07 bits per heavy atom. The van der Waals surface area contributed by atoms with Crippen LogP contribution in [-0.4, -0.2) is 42.0 Å². The Kier molecular flexibility index (Phi) is 4.20. The molecule has 3 aliphatic rings. The highest BCUT2D eigenvalue weighted by Gasteiger charge is 2.34. The first kappa shape index (κ1) is 18.1. The smallest absolute Gasteiger partial charge is 0.231 e. The van der Waals surface area contributed by atoms with Crippen molar-refractivity contribution in [3.05, 3.63) is 64.6 Å². The molecule has 5 heteroatoms. The highest BCUT2D eigenvalue weighted by atomic mass is 19.1. The minimum atomic E-state index is -0.187. The van der Waals surface area contributed by atoms with Crippen molar-refractivity contribution in [3.8, 4) is 0 Å². The average Bonchev–Trinajstić information content (AvgIpc) is 3.44. The summed E-state index contributed by atoms with van der Waals surface area (Å²) in [5.74, 6) is 0.619. The van der Waals surface area contributed by atoms with Crippen LogP contribution in [-0.2, 0) is 24.1 Å². The summed E-state index contributed by atoms with van der Waals surface area (Å²) in [6.45, 7) is 4.13. The fourth-order valence-electron chi connectivity index (χ4n) is 5.71. The lowest BCUT2D eigenvalue weighted by atomic mass is 9.89. The van der Waals surface area contributed by atoms with Crippen molar-refractivity contribution < 1.29 is 9.18 Å². The Morgan fingerprint density at radius 2 is 1.90 bits per heavy atom. The van der Waals surface area contributed by atoms with E-state index in [1.807, 2.05) is 11.0 Å². The third kappa shape index (κ3) is 2.95. The molecule has 0 bridgehead atoms. The van der Waals surface area contributed by atoms with E-state index in [1.165, 1.54) is 27.9 Å². The number of rotatable bonds is 4. The summed E-state index contributed by atoms with van der Waals surface area (Å²) in [5, 5.41) is 1.16. The van der Waals surface area contributed by atoms with Crippen LogP contribution in [0.1, 0.15) is 41.0 Å². The van der Waals surface area contributed by atoms with Crippen molar-refractivity contribution in [2.75, 3.05) is 31.1 Å². The molecule has 0 saturated carbocycles. The van der Waals surface area contributed by atoms with Gasteiger partial charge in [0, 0.05) is 30.2 Å². The van der Waals surface area contributed by atoms with Crippen molar-refractivity contribution >= 4 is 22.5 Å². The number of piperidine rings is 1. The van der Waals surface area contributed by atoms with Gasteiger partial charge in [-0.15, -0.1) is 0 Å². The maximum Gasteiger partial charge on any atom is 0.231 e.